The van der Waals surface area contributed by atoms with Crippen LogP contribution in [0.5, 0.6) is 0 Å². The zero-order chi connectivity index (χ0) is 8.97. The van der Waals surface area contributed by atoms with Gasteiger partial charge in [0.15, 0.2) is 0 Å². The molecule has 68 valence electrons. The lowest BCUT2D eigenvalue weighted by molar-refractivity contribution is 0.562. The summed E-state index contributed by atoms with van der Waals surface area (Å²) in [6, 6.07) is 0.590. The van der Waals surface area contributed by atoms with Crippen LogP contribution in [0.15, 0.2) is 5.38 Å². The van der Waals surface area contributed by atoms with Gasteiger partial charge in [-0.2, -0.15) is 0 Å². The van der Waals surface area contributed by atoms with E-state index in [0.29, 0.717) is 6.04 Å². The van der Waals surface area contributed by atoms with E-state index in [9.17, 15) is 0 Å². The van der Waals surface area contributed by atoms with E-state index >= 15 is 0 Å². The van der Waals surface area contributed by atoms with Gasteiger partial charge >= 0.3 is 0 Å². The van der Waals surface area contributed by atoms with E-state index in [1.807, 2.05) is 7.05 Å². The van der Waals surface area contributed by atoms with Crippen LogP contribution in [0.1, 0.15) is 24.0 Å². The Morgan fingerprint density at radius 3 is 2.92 bits per heavy atom. The third-order valence-corrected chi connectivity index (χ3v) is 2.82. The molecule has 1 N–H and O–H groups in total. The predicted octanol–water partition coefficient (Wildman–Crippen LogP) is 1.99. The summed E-state index contributed by atoms with van der Waals surface area (Å²) in [5.41, 5.74) is 1.24. The molecule has 0 saturated heterocycles. The third-order valence-electron chi connectivity index (χ3n) is 1.99. The molecule has 0 aromatic carbocycles. The molecule has 0 fully saturated rings. The Kier molecular flexibility index (Phi) is 3.69. The summed E-state index contributed by atoms with van der Waals surface area (Å²) in [4.78, 5) is 4.41. The second kappa shape index (κ2) is 4.58. The maximum atomic E-state index is 4.41. The number of hydrogen-bond donors (Lipinski definition) is 1. The minimum absolute atomic E-state index is 0.590. The first-order valence-electron chi connectivity index (χ1n) is 4.30. The minimum atomic E-state index is 0.590. The van der Waals surface area contributed by atoms with Crippen molar-refractivity contribution in [3.8, 4) is 0 Å². The van der Waals surface area contributed by atoms with Gasteiger partial charge in [-0.15, -0.1) is 11.3 Å². The molecule has 0 aliphatic rings. The van der Waals surface area contributed by atoms with E-state index in [2.05, 4.69) is 29.5 Å². The molecule has 1 rings (SSSR count). The summed E-state index contributed by atoms with van der Waals surface area (Å²) in [6.45, 7) is 4.24. The molecular formula is C9H16N2S. The SMILES string of the molecule is CNC(C)CCc1csc(C)n1. The van der Waals surface area contributed by atoms with Gasteiger partial charge < -0.3 is 5.32 Å². The van der Waals surface area contributed by atoms with Crippen LogP contribution in [0.25, 0.3) is 0 Å². The lowest BCUT2D eigenvalue weighted by Gasteiger charge is -2.07. The van der Waals surface area contributed by atoms with E-state index in [4.69, 9.17) is 0 Å². The van der Waals surface area contributed by atoms with E-state index < -0.39 is 0 Å². The number of aryl methyl sites for hydroxylation is 2. The van der Waals surface area contributed by atoms with Crippen molar-refractivity contribution in [2.45, 2.75) is 32.7 Å². The summed E-state index contributed by atoms with van der Waals surface area (Å²) < 4.78 is 0. The van der Waals surface area contributed by atoms with Crippen molar-refractivity contribution in [3.05, 3.63) is 16.1 Å². The molecule has 1 unspecified atom stereocenters. The molecule has 2 nitrogen and oxygen atoms in total. The van der Waals surface area contributed by atoms with Gasteiger partial charge in [-0.05, 0) is 33.7 Å². The first-order chi connectivity index (χ1) is 5.72. The smallest absolute Gasteiger partial charge is 0.0897 e. The number of nitrogens with one attached hydrogen (secondary N) is 1. The van der Waals surface area contributed by atoms with Gasteiger partial charge in [0.2, 0.25) is 0 Å². The molecule has 0 aliphatic carbocycles. The van der Waals surface area contributed by atoms with Crippen LogP contribution < -0.4 is 5.32 Å². The number of hydrogen-bond acceptors (Lipinski definition) is 3. The Bertz CT molecular complexity index is 232. The molecule has 12 heavy (non-hydrogen) atoms. The number of rotatable bonds is 4. The maximum absolute atomic E-state index is 4.41. The predicted molar refractivity (Wildman–Crippen MR) is 53.7 cm³/mol. The van der Waals surface area contributed by atoms with Crippen LogP contribution in [0, 0.1) is 6.92 Å². The Morgan fingerprint density at radius 2 is 2.42 bits per heavy atom. The molecule has 1 aromatic heterocycles. The second-order valence-electron chi connectivity index (χ2n) is 3.09. The monoisotopic (exact) mass is 184 g/mol. The van der Waals surface area contributed by atoms with Crippen LogP contribution in [0.4, 0.5) is 0 Å². The van der Waals surface area contributed by atoms with Crippen molar-refractivity contribution in [1.82, 2.24) is 10.3 Å². The maximum Gasteiger partial charge on any atom is 0.0897 e. The lowest BCUT2D eigenvalue weighted by atomic mass is 10.1. The highest BCUT2D eigenvalue weighted by atomic mass is 32.1. The number of aromatic nitrogens is 1. The average Bonchev–Trinajstić information content (AvgIpc) is 2.47. The largest absolute Gasteiger partial charge is 0.317 e. The highest BCUT2D eigenvalue weighted by molar-refractivity contribution is 7.09. The Hall–Kier alpha value is -0.410. The summed E-state index contributed by atoms with van der Waals surface area (Å²) >= 11 is 1.73. The van der Waals surface area contributed by atoms with E-state index in [0.717, 1.165) is 6.42 Å². The molecule has 1 aromatic rings. The second-order valence-corrected chi connectivity index (χ2v) is 4.15. The molecule has 0 bridgehead atoms. The number of nitrogens with zero attached hydrogens (tertiary/aromatic N) is 1. The van der Waals surface area contributed by atoms with Crippen LogP contribution in [-0.4, -0.2) is 18.1 Å². The zero-order valence-electron chi connectivity index (χ0n) is 7.92. The highest BCUT2D eigenvalue weighted by Crippen LogP contribution is 2.10. The van der Waals surface area contributed by atoms with Gasteiger partial charge in [0.25, 0.3) is 0 Å². The van der Waals surface area contributed by atoms with E-state index in [1.54, 1.807) is 11.3 Å². The highest BCUT2D eigenvalue weighted by Gasteiger charge is 2.01. The molecule has 0 saturated carbocycles. The molecule has 0 spiro atoms. The standard InChI is InChI=1S/C9H16N2S/c1-7(10-3)4-5-9-6-12-8(2)11-9/h6-7,10H,4-5H2,1-3H3. The molecule has 0 radical (unpaired) electrons. The molecule has 0 amide bonds. The Labute approximate surface area is 78.0 Å². The van der Waals surface area contributed by atoms with Crippen LogP contribution in [-0.2, 0) is 6.42 Å². The van der Waals surface area contributed by atoms with Crippen molar-refractivity contribution in [1.29, 1.82) is 0 Å². The van der Waals surface area contributed by atoms with Gasteiger partial charge in [0, 0.05) is 11.4 Å². The van der Waals surface area contributed by atoms with Gasteiger partial charge in [0.1, 0.15) is 0 Å². The van der Waals surface area contributed by atoms with Crippen molar-refractivity contribution in [2.75, 3.05) is 7.05 Å². The first-order valence-corrected chi connectivity index (χ1v) is 5.18. The summed E-state index contributed by atoms with van der Waals surface area (Å²) in [7, 11) is 2.00. The third kappa shape index (κ3) is 2.91. The summed E-state index contributed by atoms with van der Waals surface area (Å²) in [5, 5.41) is 6.54. The summed E-state index contributed by atoms with van der Waals surface area (Å²) in [6.07, 6.45) is 2.26. The van der Waals surface area contributed by atoms with Gasteiger partial charge in [0.05, 0.1) is 10.7 Å². The van der Waals surface area contributed by atoms with Crippen molar-refractivity contribution >= 4 is 11.3 Å². The van der Waals surface area contributed by atoms with E-state index in [-0.39, 0.29) is 0 Å². The first kappa shape index (κ1) is 9.68. The molecule has 3 heteroatoms. The lowest BCUT2D eigenvalue weighted by Crippen LogP contribution is -2.21. The molecule has 0 aliphatic heterocycles. The number of thiazole rings is 1. The van der Waals surface area contributed by atoms with Gasteiger partial charge in [-0.25, -0.2) is 4.98 Å². The normalized spacial score (nSPS) is 13.2. The van der Waals surface area contributed by atoms with Crippen LogP contribution >= 0.6 is 11.3 Å². The molecule has 1 atom stereocenters. The minimum Gasteiger partial charge on any atom is -0.317 e. The fourth-order valence-electron chi connectivity index (χ4n) is 1.03. The van der Waals surface area contributed by atoms with Crippen LogP contribution in [0.2, 0.25) is 0 Å². The zero-order valence-corrected chi connectivity index (χ0v) is 8.74. The van der Waals surface area contributed by atoms with Crippen molar-refractivity contribution < 1.29 is 0 Å². The van der Waals surface area contributed by atoms with Gasteiger partial charge in [-0.3, -0.25) is 0 Å². The Morgan fingerprint density at radius 1 is 1.67 bits per heavy atom. The fraction of sp³-hybridized carbons (Fsp3) is 0.667. The molecular weight excluding hydrogens is 168 g/mol. The van der Waals surface area contributed by atoms with Gasteiger partial charge in [-0.1, -0.05) is 0 Å². The fourth-order valence-corrected chi connectivity index (χ4v) is 1.68. The van der Waals surface area contributed by atoms with E-state index in [1.165, 1.54) is 17.1 Å². The van der Waals surface area contributed by atoms with Crippen molar-refractivity contribution in [2.24, 2.45) is 0 Å². The average molecular weight is 184 g/mol. The topological polar surface area (TPSA) is 24.9 Å². The summed E-state index contributed by atoms with van der Waals surface area (Å²) in [5.74, 6) is 0. The molecule has 1 heterocycles. The van der Waals surface area contributed by atoms with Crippen LogP contribution in [0.3, 0.4) is 0 Å². The van der Waals surface area contributed by atoms with Crippen molar-refractivity contribution in [3.63, 3.8) is 0 Å². The Balaban J connectivity index is 2.33. The quantitative estimate of drug-likeness (QED) is 0.774.